The molecule has 1 saturated heterocycles. The van der Waals surface area contributed by atoms with Crippen molar-refractivity contribution in [3.8, 4) is 11.5 Å². The van der Waals surface area contributed by atoms with Gasteiger partial charge < -0.3 is 43.3 Å². The molecule has 7 rings (SSSR count). The normalized spacial score (nSPS) is 22.8. The Morgan fingerprint density at radius 3 is 1.68 bits per heavy atom. The van der Waals surface area contributed by atoms with Gasteiger partial charge in [-0.3, -0.25) is 28.8 Å². The van der Waals surface area contributed by atoms with Crippen LogP contribution in [0.5, 0.6) is 11.5 Å². The summed E-state index contributed by atoms with van der Waals surface area (Å²) in [6.45, 7) is 4.73. The van der Waals surface area contributed by atoms with E-state index in [0.29, 0.717) is 28.7 Å². The average molecular weight is 894 g/mol. The van der Waals surface area contributed by atoms with Crippen molar-refractivity contribution in [3.63, 3.8) is 0 Å². The summed E-state index contributed by atoms with van der Waals surface area (Å²) in [6, 6.07) is 18.0. The fourth-order valence-electron chi connectivity index (χ4n) is 8.73. The minimum atomic E-state index is -1.52. The first-order valence-electron chi connectivity index (χ1n) is 20.2. The second kappa shape index (κ2) is 18.8. The zero-order valence-corrected chi connectivity index (χ0v) is 36.0. The summed E-state index contributed by atoms with van der Waals surface area (Å²) in [5.74, 6) is -3.14. The highest BCUT2D eigenvalue weighted by molar-refractivity contribution is 6.19. The summed E-state index contributed by atoms with van der Waals surface area (Å²) in [5, 5.41) is 13.7. The van der Waals surface area contributed by atoms with Gasteiger partial charge in [0.2, 0.25) is 24.2 Å². The lowest BCUT2D eigenvalue weighted by molar-refractivity contribution is -0.288. The summed E-state index contributed by atoms with van der Waals surface area (Å²) >= 11 is 12.9. The third kappa shape index (κ3) is 8.97. The second-order valence-corrected chi connectivity index (χ2v) is 16.1. The Kier molecular flexibility index (Phi) is 13.4. The predicted octanol–water partition coefficient (Wildman–Crippen LogP) is 6.37. The molecule has 0 aromatic heterocycles. The topological polar surface area (TPSA) is 185 Å². The van der Waals surface area contributed by atoms with E-state index in [9.17, 15) is 33.9 Å². The molecule has 3 aliphatic rings. The number of rotatable bonds is 13. The molecule has 1 fully saturated rings. The van der Waals surface area contributed by atoms with Crippen molar-refractivity contribution in [3.05, 3.63) is 71.8 Å². The molecule has 0 spiro atoms. The number of esters is 4. The van der Waals surface area contributed by atoms with Crippen LogP contribution < -0.4 is 14.5 Å². The first-order chi connectivity index (χ1) is 29.7. The van der Waals surface area contributed by atoms with Gasteiger partial charge in [0, 0.05) is 100 Å². The SMILES string of the molecule is CC(=O)OCC1OC(Oc2cc3c(c4ccccc24)[C@H](CCl)CN3C(=O)CCCC(=O)N2C[C@@H](CCl)c3c2cc(O)c2ccccc32)C(OC(C)=O)C(OC(C)=O)C1OC(C)=O. The van der Waals surface area contributed by atoms with Crippen molar-refractivity contribution in [2.24, 2.45) is 0 Å². The Hall–Kier alpha value is -5.64. The molecule has 15 nitrogen and oxygen atoms in total. The first-order valence-corrected chi connectivity index (χ1v) is 21.3. The fraction of sp³-hybridized carbons (Fsp3) is 0.422. The number of carbonyl (C=O) groups excluding carboxylic acids is 6. The number of ether oxygens (including phenoxy) is 6. The Bertz CT molecular complexity index is 2430. The van der Waals surface area contributed by atoms with E-state index in [2.05, 4.69) is 0 Å². The van der Waals surface area contributed by atoms with Gasteiger partial charge in [0.1, 0.15) is 24.2 Å². The number of phenolic OH excluding ortho intramolecular Hbond substituents is 1. The van der Waals surface area contributed by atoms with Crippen LogP contribution in [-0.2, 0) is 52.5 Å². The van der Waals surface area contributed by atoms with Crippen LogP contribution in [0.25, 0.3) is 21.5 Å². The second-order valence-electron chi connectivity index (χ2n) is 15.5. The molecule has 328 valence electrons. The van der Waals surface area contributed by atoms with Crippen LogP contribution >= 0.6 is 23.2 Å². The largest absolute Gasteiger partial charge is 0.507 e. The van der Waals surface area contributed by atoms with E-state index in [0.717, 1.165) is 42.7 Å². The van der Waals surface area contributed by atoms with Crippen LogP contribution in [-0.4, -0.2) is 103 Å². The molecule has 0 saturated carbocycles. The number of hydrogen-bond donors (Lipinski definition) is 1. The van der Waals surface area contributed by atoms with E-state index in [1.54, 1.807) is 34.1 Å². The smallest absolute Gasteiger partial charge is 0.303 e. The average Bonchev–Trinajstić information content (AvgIpc) is 3.80. The number of anilines is 2. The molecule has 5 unspecified atom stereocenters. The number of alkyl halides is 2. The summed E-state index contributed by atoms with van der Waals surface area (Å²) < 4.78 is 34.7. The van der Waals surface area contributed by atoms with E-state index in [4.69, 9.17) is 51.6 Å². The van der Waals surface area contributed by atoms with Crippen molar-refractivity contribution < 1.29 is 62.3 Å². The van der Waals surface area contributed by atoms with Crippen molar-refractivity contribution in [1.82, 2.24) is 0 Å². The molecular formula is C45H46Cl2N2O13. The number of carbonyl (C=O) groups is 6. The summed E-state index contributed by atoms with van der Waals surface area (Å²) in [6.07, 6.45) is -6.78. The Morgan fingerprint density at radius 2 is 1.15 bits per heavy atom. The molecule has 4 aromatic rings. The molecule has 0 bridgehead atoms. The molecule has 62 heavy (non-hydrogen) atoms. The van der Waals surface area contributed by atoms with Crippen molar-refractivity contribution in [2.45, 2.75) is 89.5 Å². The summed E-state index contributed by atoms with van der Waals surface area (Å²) in [4.78, 5) is 80.3. The van der Waals surface area contributed by atoms with Crippen molar-refractivity contribution in [1.29, 1.82) is 0 Å². The van der Waals surface area contributed by atoms with Gasteiger partial charge in [-0.1, -0.05) is 48.5 Å². The maximum Gasteiger partial charge on any atom is 0.303 e. The van der Waals surface area contributed by atoms with Gasteiger partial charge in [-0.2, -0.15) is 0 Å². The Morgan fingerprint density at radius 1 is 0.661 bits per heavy atom. The molecular weight excluding hydrogens is 847 g/mol. The van der Waals surface area contributed by atoms with Crippen LogP contribution in [0.1, 0.15) is 69.9 Å². The molecule has 1 N–H and O–H groups in total. The standard InChI is InChI=1S/C45H46Cl2N2O13/c1-23(50)57-22-37-42(58-24(2)51)43(59-25(3)52)44(60-26(4)53)45(62-37)61-36-17-34-41(32-13-8-6-11-30(32)36)28(19-47)21-49(34)39(56)15-9-14-38(55)48-20-27(18-46)40-31-12-7-5-10-29(31)35(54)16-33(40)48/h5-8,10-13,16-17,27-28,37,42-45,54H,9,14-15,18-22H2,1-4H3/t27-,28-,37?,42?,43?,44?,45?/m1/s1. The monoisotopic (exact) mass is 892 g/mol. The Balaban J connectivity index is 1.16. The highest BCUT2D eigenvalue weighted by Crippen LogP contribution is 2.48. The zero-order valence-electron chi connectivity index (χ0n) is 34.5. The van der Waals surface area contributed by atoms with Crippen LogP contribution in [0, 0.1) is 0 Å². The molecule has 3 heterocycles. The fourth-order valence-corrected chi connectivity index (χ4v) is 9.23. The molecule has 0 aliphatic carbocycles. The van der Waals surface area contributed by atoms with E-state index in [-0.39, 0.29) is 72.7 Å². The highest BCUT2D eigenvalue weighted by atomic mass is 35.5. The van der Waals surface area contributed by atoms with Crippen LogP contribution in [0.3, 0.4) is 0 Å². The van der Waals surface area contributed by atoms with Crippen LogP contribution in [0.2, 0.25) is 0 Å². The lowest BCUT2D eigenvalue weighted by atomic mass is 9.95. The van der Waals surface area contributed by atoms with Crippen molar-refractivity contribution >= 4 is 91.8 Å². The van der Waals surface area contributed by atoms with Gasteiger partial charge >= 0.3 is 23.9 Å². The molecule has 2 amide bonds. The van der Waals surface area contributed by atoms with Gasteiger partial charge in [0.05, 0.1) is 11.4 Å². The zero-order chi connectivity index (χ0) is 44.4. The lowest BCUT2D eigenvalue weighted by Crippen LogP contribution is -2.63. The molecule has 3 aliphatic heterocycles. The van der Waals surface area contributed by atoms with E-state index in [1.807, 2.05) is 36.4 Å². The third-order valence-electron chi connectivity index (χ3n) is 11.2. The van der Waals surface area contributed by atoms with Crippen LogP contribution in [0.15, 0.2) is 60.7 Å². The number of fused-ring (bicyclic) bond motifs is 6. The predicted molar refractivity (Wildman–Crippen MR) is 228 cm³/mol. The number of phenols is 1. The van der Waals surface area contributed by atoms with Gasteiger partial charge in [-0.15, -0.1) is 23.2 Å². The number of aromatic hydroxyl groups is 1. The van der Waals surface area contributed by atoms with Crippen molar-refractivity contribution in [2.75, 3.05) is 41.3 Å². The number of nitrogens with zero attached hydrogens (tertiary/aromatic N) is 2. The van der Waals surface area contributed by atoms with E-state index < -0.39 is 61.2 Å². The van der Waals surface area contributed by atoms with Gasteiger partial charge in [-0.05, 0) is 28.3 Å². The Labute approximate surface area is 367 Å². The number of hydrogen-bond acceptors (Lipinski definition) is 13. The summed E-state index contributed by atoms with van der Waals surface area (Å²) in [7, 11) is 0. The number of amides is 2. The molecule has 17 heteroatoms. The third-order valence-corrected chi connectivity index (χ3v) is 12.0. The van der Waals surface area contributed by atoms with E-state index >= 15 is 0 Å². The minimum absolute atomic E-state index is 0.0193. The minimum Gasteiger partial charge on any atom is -0.507 e. The van der Waals surface area contributed by atoms with Gasteiger partial charge in [-0.25, -0.2) is 0 Å². The maximum absolute atomic E-state index is 14.2. The highest BCUT2D eigenvalue weighted by Gasteiger charge is 2.53. The van der Waals surface area contributed by atoms with Gasteiger partial charge in [0.15, 0.2) is 12.2 Å². The summed E-state index contributed by atoms with van der Waals surface area (Å²) in [5.41, 5.74) is 2.83. The van der Waals surface area contributed by atoms with Gasteiger partial charge in [0.25, 0.3) is 0 Å². The molecule has 4 aromatic carbocycles. The lowest BCUT2D eigenvalue weighted by Gasteiger charge is -2.44. The van der Waals surface area contributed by atoms with E-state index in [1.165, 1.54) is 6.92 Å². The number of benzene rings is 4. The molecule has 0 radical (unpaired) electrons. The first kappa shape index (κ1) is 44.4. The number of halogens is 2. The maximum atomic E-state index is 14.2. The van der Waals surface area contributed by atoms with Crippen LogP contribution in [0.4, 0.5) is 11.4 Å². The molecule has 7 atom stereocenters. The quantitative estimate of drug-likeness (QED) is 0.0889.